The van der Waals surface area contributed by atoms with Crippen molar-refractivity contribution in [3.05, 3.63) is 0 Å². The average Bonchev–Trinajstić information content (AvgIpc) is 2.18. The maximum absolute atomic E-state index is 11.4. The molecule has 0 rings (SSSR count). The second-order valence-electron chi connectivity index (χ2n) is 4.04. The van der Waals surface area contributed by atoms with Gasteiger partial charge in [0.2, 0.25) is 0 Å². The van der Waals surface area contributed by atoms with Crippen LogP contribution in [0.3, 0.4) is 0 Å². The van der Waals surface area contributed by atoms with Crippen LogP contribution in [0.1, 0.15) is 40.0 Å². The van der Waals surface area contributed by atoms with Crippen LogP contribution in [-0.4, -0.2) is 33.5 Å². The summed E-state index contributed by atoms with van der Waals surface area (Å²) in [6.07, 6.45) is 3.41. The Balaban J connectivity index is 4.51. The Hall–Kier alpha value is 0.682. The van der Waals surface area contributed by atoms with E-state index in [0.29, 0.717) is 0 Å². The summed E-state index contributed by atoms with van der Waals surface area (Å²) in [6, 6.07) is 0. The molecule has 90 valence electrons. The number of alkyl halides is 1. The first-order valence-corrected chi connectivity index (χ1v) is 16.3. The first-order chi connectivity index (χ1) is 7.14. The normalized spacial score (nSPS) is 11.5. The number of rotatable bonds is 8. The molecule has 0 aromatic carbocycles. The molecule has 0 aliphatic heterocycles. The summed E-state index contributed by atoms with van der Waals surface area (Å²) < 4.78 is 9.25. The number of carbonyl (C=O) groups excluding carboxylic acids is 1. The second kappa shape index (κ2) is 8.79. The minimum atomic E-state index is -2.75. The predicted octanol–water partition coefficient (Wildman–Crippen LogP) is 3.94. The van der Waals surface area contributed by atoms with Gasteiger partial charge in [-0.05, 0) is 0 Å². The molecule has 0 aromatic rings. The molecule has 0 saturated heterocycles. The van der Waals surface area contributed by atoms with E-state index < -0.39 is 21.6 Å². The summed E-state index contributed by atoms with van der Waals surface area (Å²) in [7, 11) is 0. The van der Waals surface area contributed by atoms with Gasteiger partial charge in [-0.15, -0.1) is 0 Å². The molecular formula is C11H23ClO2Pb. The molecule has 0 fully saturated rings. The van der Waals surface area contributed by atoms with Crippen LogP contribution >= 0.6 is 11.6 Å². The van der Waals surface area contributed by atoms with Gasteiger partial charge in [-0.3, -0.25) is 0 Å². The molecule has 0 aromatic heterocycles. The van der Waals surface area contributed by atoms with Crippen molar-refractivity contribution < 1.29 is 7.48 Å². The molecule has 0 aliphatic carbocycles. The molecule has 0 heterocycles. The van der Waals surface area contributed by atoms with Crippen LogP contribution in [0, 0.1) is 0 Å². The van der Waals surface area contributed by atoms with Gasteiger partial charge in [0.1, 0.15) is 0 Å². The molecule has 4 heteroatoms. The van der Waals surface area contributed by atoms with Crippen LogP contribution in [0.25, 0.3) is 0 Å². The van der Waals surface area contributed by atoms with Crippen LogP contribution in [0.5, 0.6) is 0 Å². The zero-order chi connectivity index (χ0) is 11.7. The van der Waals surface area contributed by atoms with Gasteiger partial charge < -0.3 is 0 Å². The Bertz CT molecular complexity index is 168. The third kappa shape index (κ3) is 6.10. The molecule has 0 amide bonds. The van der Waals surface area contributed by atoms with Crippen molar-refractivity contribution in [2.75, 3.05) is 5.88 Å². The predicted molar refractivity (Wildman–Crippen MR) is 67.9 cm³/mol. The fourth-order valence-corrected chi connectivity index (χ4v) is 19.5. The molecule has 0 N–H and O–H groups in total. The number of hydrogen-bond acceptors (Lipinski definition) is 2. The first-order valence-electron chi connectivity index (χ1n) is 5.92. The van der Waals surface area contributed by atoms with E-state index in [1.54, 1.807) is 0 Å². The van der Waals surface area contributed by atoms with Gasteiger partial charge in [0.05, 0.1) is 0 Å². The molecular weight excluding hydrogens is 407 g/mol. The Morgan fingerprint density at radius 3 is 1.73 bits per heavy atom. The molecule has 0 aliphatic rings. The summed E-state index contributed by atoms with van der Waals surface area (Å²) in [6.45, 7) is 6.53. The van der Waals surface area contributed by atoms with E-state index in [0.717, 1.165) is 31.2 Å². The van der Waals surface area contributed by atoms with E-state index in [2.05, 4.69) is 20.8 Å². The summed E-state index contributed by atoms with van der Waals surface area (Å²) in [4.78, 5) is 11.4. The van der Waals surface area contributed by atoms with Gasteiger partial charge in [0.15, 0.2) is 0 Å². The molecule has 0 radical (unpaired) electrons. The van der Waals surface area contributed by atoms with Crippen molar-refractivity contribution in [1.82, 2.24) is 0 Å². The first kappa shape index (κ1) is 15.7. The van der Waals surface area contributed by atoms with E-state index in [1.807, 2.05) is 0 Å². The van der Waals surface area contributed by atoms with Gasteiger partial charge in [-0.1, -0.05) is 0 Å². The topological polar surface area (TPSA) is 26.3 Å². The van der Waals surface area contributed by atoms with Crippen LogP contribution in [0.4, 0.5) is 0 Å². The van der Waals surface area contributed by atoms with Crippen LogP contribution in [0.2, 0.25) is 11.9 Å². The van der Waals surface area contributed by atoms with Gasteiger partial charge in [-0.2, -0.15) is 0 Å². The zero-order valence-electron chi connectivity index (χ0n) is 10.1. The van der Waals surface area contributed by atoms with Gasteiger partial charge in [0.25, 0.3) is 0 Å². The quantitative estimate of drug-likeness (QED) is 0.431. The Morgan fingerprint density at radius 2 is 1.47 bits per heavy atom. The standard InChI is InChI=1S/3C3H7.C2H3ClO2.Pb/c3*1-3-2;3-1-2(4)5;/h3*1,3H2,2H3;1H2,(H,4,5);/q;;;;+1/p-1. The van der Waals surface area contributed by atoms with Crippen molar-refractivity contribution >= 4 is 39.2 Å². The van der Waals surface area contributed by atoms with Gasteiger partial charge in [-0.25, -0.2) is 0 Å². The van der Waals surface area contributed by atoms with Crippen molar-refractivity contribution in [3.63, 3.8) is 0 Å². The summed E-state index contributed by atoms with van der Waals surface area (Å²) in [5.74, 6) is -0.174. The number of hydrogen-bond donors (Lipinski definition) is 0. The molecule has 15 heavy (non-hydrogen) atoms. The second-order valence-corrected chi connectivity index (χ2v) is 20.1. The van der Waals surface area contributed by atoms with E-state index >= 15 is 0 Å². The van der Waals surface area contributed by atoms with Gasteiger partial charge in [0, 0.05) is 0 Å². The molecule has 0 unspecified atom stereocenters. The maximum atomic E-state index is 11.4. The Morgan fingerprint density at radius 1 is 1.07 bits per heavy atom. The molecule has 0 spiro atoms. The third-order valence-corrected chi connectivity index (χ3v) is 21.8. The third-order valence-electron chi connectivity index (χ3n) is 2.56. The average molecular weight is 430 g/mol. The molecule has 0 bridgehead atoms. The van der Waals surface area contributed by atoms with Crippen molar-refractivity contribution in [2.24, 2.45) is 0 Å². The van der Waals surface area contributed by atoms with Crippen LogP contribution in [-0.2, 0) is 7.48 Å². The fraction of sp³-hybridized carbons (Fsp3) is 0.909. The van der Waals surface area contributed by atoms with E-state index in [4.69, 9.17) is 14.3 Å². The van der Waals surface area contributed by atoms with Crippen molar-refractivity contribution in [1.29, 1.82) is 0 Å². The molecule has 0 atom stereocenters. The van der Waals surface area contributed by atoms with Crippen LogP contribution < -0.4 is 0 Å². The fourth-order valence-electron chi connectivity index (χ4n) is 2.16. The van der Waals surface area contributed by atoms with Crippen LogP contribution in [0.15, 0.2) is 0 Å². The molecule has 0 saturated carbocycles. The van der Waals surface area contributed by atoms with Crippen molar-refractivity contribution in [3.8, 4) is 0 Å². The number of carbonyl (C=O) groups is 1. The summed E-state index contributed by atoms with van der Waals surface area (Å²) in [5.41, 5.74) is 0. The van der Waals surface area contributed by atoms with E-state index in [1.165, 1.54) is 0 Å². The zero-order valence-corrected chi connectivity index (χ0v) is 14.8. The van der Waals surface area contributed by atoms with Crippen molar-refractivity contribution in [2.45, 2.75) is 52.0 Å². The number of halogens is 1. The molecule has 2 nitrogen and oxygen atoms in total. The van der Waals surface area contributed by atoms with E-state index in [9.17, 15) is 4.79 Å². The minimum absolute atomic E-state index is 0.0128. The Labute approximate surface area is 104 Å². The van der Waals surface area contributed by atoms with Gasteiger partial charge >= 0.3 is 105 Å². The summed E-state index contributed by atoms with van der Waals surface area (Å²) in [5, 5.41) is 0. The summed E-state index contributed by atoms with van der Waals surface area (Å²) >= 11 is 2.77. The Kier molecular flexibility index (Phi) is 9.19. The monoisotopic (exact) mass is 430 g/mol. The SMILES string of the molecule is CC[CH2][Pb]([CH2]CC)([CH2]CC)[O]C(=O)CCl. The van der Waals surface area contributed by atoms with E-state index in [-0.39, 0.29) is 11.8 Å².